The Bertz CT molecular complexity index is 346. The van der Waals surface area contributed by atoms with Crippen LogP contribution in [0, 0.1) is 19.8 Å². The van der Waals surface area contributed by atoms with Gasteiger partial charge < -0.3 is 0 Å². The van der Waals surface area contributed by atoms with Crippen LogP contribution in [0.15, 0.2) is 12.1 Å². The second-order valence-corrected chi connectivity index (χ2v) is 4.13. The lowest BCUT2D eigenvalue weighted by molar-refractivity contribution is 0.0855. The molecular formula is C12H15NO. The molecule has 0 bridgehead atoms. The van der Waals surface area contributed by atoms with Crippen LogP contribution in [0.4, 0.5) is 0 Å². The van der Waals surface area contributed by atoms with Crippen molar-refractivity contribution in [1.82, 2.24) is 4.98 Å². The summed E-state index contributed by atoms with van der Waals surface area (Å²) in [5.74, 6) is 0.598. The van der Waals surface area contributed by atoms with Crippen molar-refractivity contribution in [1.29, 1.82) is 0 Å². The number of Topliss-reactive ketones (excluding diaryl/α,β-unsaturated/α-hetero) is 1. The summed E-state index contributed by atoms with van der Waals surface area (Å²) in [5.41, 5.74) is 2.72. The predicted molar refractivity (Wildman–Crippen MR) is 55.4 cm³/mol. The van der Waals surface area contributed by atoms with Crippen molar-refractivity contribution in [2.45, 2.75) is 33.1 Å². The van der Waals surface area contributed by atoms with Gasteiger partial charge in [0.15, 0.2) is 5.78 Å². The quantitative estimate of drug-likeness (QED) is 0.669. The Morgan fingerprint density at radius 2 is 1.86 bits per heavy atom. The van der Waals surface area contributed by atoms with Crippen LogP contribution in [0.1, 0.15) is 41.0 Å². The standard InChI is InChI=1S/C12H15NO/c1-8-6-11(7-9(2)13-8)12(14)10-4-3-5-10/h6-7,10H,3-5H2,1-2H3. The number of hydrogen-bond donors (Lipinski definition) is 0. The minimum Gasteiger partial charge on any atom is -0.294 e. The van der Waals surface area contributed by atoms with Gasteiger partial charge in [0.05, 0.1) is 0 Å². The Morgan fingerprint density at radius 1 is 1.29 bits per heavy atom. The molecule has 0 aliphatic heterocycles. The number of ketones is 1. The molecule has 1 aromatic rings. The molecule has 1 aliphatic carbocycles. The second kappa shape index (κ2) is 3.52. The number of aromatic nitrogens is 1. The highest BCUT2D eigenvalue weighted by atomic mass is 16.1. The number of pyridine rings is 1. The van der Waals surface area contributed by atoms with E-state index in [9.17, 15) is 4.79 Å². The fourth-order valence-electron chi connectivity index (χ4n) is 1.88. The molecule has 2 nitrogen and oxygen atoms in total. The van der Waals surface area contributed by atoms with Gasteiger partial charge in [-0.1, -0.05) is 6.42 Å². The summed E-state index contributed by atoms with van der Waals surface area (Å²) in [5, 5.41) is 0. The molecule has 0 atom stereocenters. The minimum atomic E-state index is 0.288. The Labute approximate surface area is 84.4 Å². The van der Waals surface area contributed by atoms with Gasteiger partial charge >= 0.3 is 0 Å². The molecule has 0 saturated heterocycles. The molecule has 0 radical (unpaired) electrons. The Hall–Kier alpha value is -1.18. The zero-order chi connectivity index (χ0) is 10.1. The molecule has 0 spiro atoms. The van der Waals surface area contributed by atoms with Gasteiger partial charge in [-0.05, 0) is 38.8 Å². The van der Waals surface area contributed by atoms with E-state index in [4.69, 9.17) is 0 Å². The van der Waals surface area contributed by atoms with Gasteiger partial charge in [0.2, 0.25) is 0 Å². The molecule has 14 heavy (non-hydrogen) atoms. The lowest BCUT2D eigenvalue weighted by Crippen LogP contribution is -2.22. The SMILES string of the molecule is Cc1cc(C(=O)C2CCC2)cc(C)n1. The molecule has 0 amide bonds. The first-order valence-corrected chi connectivity index (χ1v) is 5.16. The Morgan fingerprint density at radius 3 is 2.29 bits per heavy atom. The smallest absolute Gasteiger partial charge is 0.166 e. The normalized spacial score (nSPS) is 16.4. The molecule has 2 rings (SSSR count). The van der Waals surface area contributed by atoms with Gasteiger partial charge in [-0.15, -0.1) is 0 Å². The van der Waals surface area contributed by atoms with E-state index in [-0.39, 0.29) is 5.92 Å². The van der Waals surface area contributed by atoms with Crippen molar-refractivity contribution in [2.75, 3.05) is 0 Å². The highest BCUT2D eigenvalue weighted by Crippen LogP contribution is 2.29. The summed E-state index contributed by atoms with van der Waals surface area (Å²) in [6.45, 7) is 3.87. The van der Waals surface area contributed by atoms with E-state index in [0.29, 0.717) is 5.78 Å². The molecule has 0 N–H and O–H groups in total. The average molecular weight is 189 g/mol. The van der Waals surface area contributed by atoms with Crippen LogP contribution in [0.25, 0.3) is 0 Å². The maximum Gasteiger partial charge on any atom is 0.166 e. The van der Waals surface area contributed by atoms with Gasteiger partial charge in [0, 0.05) is 22.9 Å². The molecule has 74 valence electrons. The third-order valence-electron chi connectivity index (χ3n) is 2.84. The summed E-state index contributed by atoms with van der Waals surface area (Å²) in [6.07, 6.45) is 3.35. The maximum absolute atomic E-state index is 11.9. The zero-order valence-corrected chi connectivity index (χ0v) is 8.71. The molecule has 1 aromatic heterocycles. The van der Waals surface area contributed by atoms with Crippen molar-refractivity contribution in [3.05, 3.63) is 29.1 Å². The van der Waals surface area contributed by atoms with Crippen LogP contribution >= 0.6 is 0 Å². The molecule has 1 aliphatic rings. The van der Waals surface area contributed by atoms with E-state index in [0.717, 1.165) is 29.8 Å². The first-order chi connectivity index (χ1) is 6.66. The molecule has 0 unspecified atom stereocenters. The fraction of sp³-hybridized carbons (Fsp3) is 0.500. The van der Waals surface area contributed by atoms with Crippen LogP contribution in [-0.4, -0.2) is 10.8 Å². The van der Waals surface area contributed by atoms with E-state index in [1.807, 2.05) is 26.0 Å². The third kappa shape index (κ3) is 1.69. The number of carbonyl (C=O) groups excluding carboxylic acids is 1. The summed E-state index contributed by atoms with van der Waals surface area (Å²) in [6, 6.07) is 3.79. The molecular weight excluding hydrogens is 174 g/mol. The van der Waals surface area contributed by atoms with Crippen molar-refractivity contribution in [2.24, 2.45) is 5.92 Å². The summed E-state index contributed by atoms with van der Waals surface area (Å²) < 4.78 is 0. The number of carbonyl (C=O) groups is 1. The fourth-order valence-corrected chi connectivity index (χ4v) is 1.88. The lowest BCUT2D eigenvalue weighted by atomic mass is 9.80. The predicted octanol–water partition coefficient (Wildman–Crippen LogP) is 2.68. The van der Waals surface area contributed by atoms with Gasteiger partial charge in [-0.2, -0.15) is 0 Å². The van der Waals surface area contributed by atoms with Crippen molar-refractivity contribution in [3.63, 3.8) is 0 Å². The number of nitrogens with zero attached hydrogens (tertiary/aromatic N) is 1. The van der Waals surface area contributed by atoms with Gasteiger partial charge in [-0.3, -0.25) is 9.78 Å². The van der Waals surface area contributed by atoms with Crippen molar-refractivity contribution >= 4 is 5.78 Å². The van der Waals surface area contributed by atoms with Crippen LogP contribution in [0.2, 0.25) is 0 Å². The average Bonchev–Trinajstić information content (AvgIpc) is 1.98. The van der Waals surface area contributed by atoms with E-state index >= 15 is 0 Å². The first-order valence-electron chi connectivity index (χ1n) is 5.16. The van der Waals surface area contributed by atoms with Gasteiger partial charge in [-0.25, -0.2) is 0 Å². The molecule has 1 fully saturated rings. The maximum atomic E-state index is 11.9. The third-order valence-corrected chi connectivity index (χ3v) is 2.84. The minimum absolute atomic E-state index is 0.288. The molecule has 0 aromatic carbocycles. The number of hydrogen-bond acceptors (Lipinski definition) is 2. The highest BCUT2D eigenvalue weighted by molar-refractivity contribution is 5.98. The van der Waals surface area contributed by atoms with Crippen LogP contribution in [0.5, 0.6) is 0 Å². The summed E-state index contributed by atoms with van der Waals surface area (Å²) in [4.78, 5) is 16.2. The van der Waals surface area contributed by atoms with E-state index in [1.165, 1.54) is 6.42 Å². The molecule has 1 saturated carbocycles. The van der Waals surface area contributed by atoms with Crippen molar-refractivity contribution < 1.29 is 4.79 Å². The van der Waals surface area contributed by atoms with E-state index in [2.05, 4.69) is 4.98 Å². The highest BCUT2D eigenvalue weighted by Gasteiger charge is 2.26. The zero-order valence-electron chi connectivity index (χ0n) is 8.71. The van der Waals surface area contributed by atoms with Crippen molar-refractivity contribution in [3.8, 4) is 0 Å². The molecule has 2 heteroatoms. The number of rotatable bonds is 2. The monoisotopic (exact) mass is 189 g/mol. The Balaban J connectivity index is 2.26. The summed E-state index contributed by atoms with van der Waals surface area (Å²) in [7, 11) is 0. The topological polar surface area (TPSA) is 30.0 Å². The lowest BCUT2D eigenvalue weighted by Gasteiger charge is -2.23. The number of aryl methyl sites for hydroxylation is 2. The van der Waals surface area contributed by atoms with Gasteiger partial charge in [0.25, 0.3) is 0 Å². The van der Waals surface area contributed by atoms with E-state index in [1.54, 1.807) is 0 Å². The van der Waals surface area contributed by atoms with Crippen LogP contribution in [0.3, 0.4) is 0 Å². The van der Waals surface area contributed by atoms with Crippen LogP contribution in [-0.2, 0) is 0 Å². The largest absolute Gasteiger partial charge is 0.294 e. The van der Waals surface area contributed by atoms with E-state index < -0.39 is 0 Å². The summed E-state index contributed by atoms with van der Waals surface area (Å²) >= 11 is 0. The first kappa shape index (κ1) is 9.38. The molecule has 1 heterocycles. The van der Waals surface area contributed by atoms with Gasteiger partial charge in [0.1, 0.15) is 0 Å². The Kier molecular flexibility index (Phi) is 2.36. The van der Waals surface area contributed by atoms with Crippen LogP contribution < -0.4 is 0 Å². The second-order valence-electron chi connectivity index (χ2n) is 4.13.